The van der Waals surface area contributed by atoms with Crippen LogP contribution in [0.2, 0.25) is 5.02 Å². The van der Waals surface area contributed by atoms with E-state index in [4.69, 9.17) is 16.7 Å². The Labute approximate surface area is 78.0 Å². The molecule has 64 valence electrons. The van der Waals surface area contributed by atoms with Crippen LogP contribution in [0.15, 0.2) is 23.1 Å². The van der Waals surface area contributed by atoms with Gasteiger partial charge >= 0.3 is 0 Å². The quantitative estimate of drug-likeness (QED) is 0.456. The molecular formula is C6H5ClN2O2S. The van der Waals surface area contributed by atoms with Crippen LogP contribution in [-0.2, 0) is 0 Å². The van der Waals surface area contributed by atoms with Crippen molar-refractivity contribution in [1.82, 2.24) is 0 Å². The lowest BCUT2D eigenvalue weighted by atomic mass is 10.3. The molecule has 0 aromatic heterocycles. The van der Waals surface area contributed by atoms with Gasteiger partial charge in [-0.15, -0.1) is 0 Å². The van der Waals surface area contributed by atoms with Gasteiger partial charge in [-0.05, 0) is 24.1 Å². The molecule has 0 bridgehead atoms. The molecule has 1 aromatic carbocycles. The molecule has 0 fully saturated rings. The highest BCUT2D eigenvalue weighted by Crippen LogP contribution is 2.28. The van der Waals surface area contributed by atoms with Gasteiger partial charge in [-0.3, -0.25) is 15.3 Å². The van der Waals surface area contributed by atoms with Gasteiger partial charge in [-0.1, -0.05) is 11.6 Å². The molecule has 0 amide bonds. The summed E-state index contributed by atoms with van der Waals surface area (Å²) >= 11 is 6.40. The molecule has 6 heteroatoms. The van der Waals surface area contributed by atoms with Crippen molar-refractivity contribution in [1.29, 1.82) is 0 Å². The first-order valence-electron chi connectivity index (χ1n) is 2.96. The maximum absolute atomic E-state index is 10.4. The summed E-state index contributed by atoms with van der Waals surface area (Å²) in [5.41, 5.74) is -0.0602. The number of nitrogens with zero attached hydrogens (tertiary/aromatic N) is 1. The molecule has 0 saturated heterocycles. The molecule has 0 aliphatic carbocycles. The summed E-state index contributed by atoms with van der Waals surface area (Å²) in [6, 6.07) is 4.35. The van der Waals surface area contributed by atoms with Crippen molar-refractivity contribution in [2.45, 2.75) is 4.90 Å². The number of nitro benzene ring substituents is 1. The van der Waals surface area contributed by atoms with E-state index in [0.717, 1.165) is 11.9 Å². The number of hydrogen-bond donors (Lipinski definition) is 1. The third kappa shape index (κ3) is 1.88. The van der Waals surface area contributed by atoms with E-state index in [1.54, 1.807) is 6.07 Å². The Hall–Kier alpha value is -0.780. The molecule has 2 N–H and O–H groups in total. The minimum Gasteiger partial charge on any atom is -0.273 e. The molecule has 0 spiro atoms. The van der Waals surface area contributed by atoms with Gasteiger partial charge in [0.05, 0.1) is 4.92 Å². The summed E-state index contributed by atoms with van der Waals surface area (Å²) in [6.45, 7) is 0. The van der Waals surface area contributed by atoms with Crippen LogP contribution in [0.3, 0.4) is 0 Å². The first-order valence-corrected chi connectivity index (χ1v) is 4.21. The molecule has 4 nitrogen and oxygen atoms in total. The van der Waals surface area contributed by atoms with Crippen molar-refractivity contribution in [3.63, 3.8) is 0 Å². The van der Waals surface area contributed by atoms with E-state index in [9.17, 15) is 10.1 Å². The highest BCUT2D eigenvalue weighted by atomic mass is 35.5. The van der Waals surface area contributed by atoms with E-state index in [1.165, 1.54) is 12.1 Å². The standard InChI is InChI=1S/C6H5ClN2O2S/c7-4-1-2-6(12-8)5(3-4)9(10)11/h1-3H,8H2. The van der Waals surface area contributed by atoms with Crippen LogP contribution in [0.25, 0.3) is 0 Å². The summed E-state index contributed by atoms with van der Waals surface area (Å²) in [4.78, 5) is 10.3. The van der Waals surface area contributed by atoms with Crippen molar-refractivity contribution in [3.05, 3.63) is 33.3 Å². The summed E-state index contributed by atoms with van der Waals surface area (Å²) in [6.07, 6.45) is 0. The molecule has 0 atom stereocenters. The van der Waals surface area contributed by atoms with Gasteiger partial charge in [-0.2, -0.15) is 0 Å². The fourth-order valence-corrected chi connectivity index (χ4v) is 1.30. The molecule has 12 heavy (non-hydrogen) atoms. The Morgan fingerprint density at radius 3 is 2.75 bits per heavy atom. The van der Waals surface area contributed by atoms with Crippen LogP contribution in [0, 0.1) is 10.1 Å². The highest BCUT2D eigenvalue weighted by Gasteiger charge is 2.12. The second-order valence-corrected chi connectivity index (χ2v) is 3.10. The van der Waals surface area contributed by atoms with E-state index in [2.05, 4.69) is 0 Å². The number of benzene rings is 1. The van der Waals surface area contributed by atoms with Gasteiger partial charge in [0.2, 0.25) is 0 Å². The van der Waals surface area contributed by atoms with Crippen molar-refractivity contribution < 1.29 is 4.92 Å². The summed E-state index contributed by atoms with van der Waals surface area (Å²) in [7, 11) is 0. The summed E-state index contributed by atoms with van der Waals surface area (Å²) in [5, 5.41) is 16.0. The van der Waals surface area contributed by atoms with Crippen molar-refractivity contribution >= 4 is 29.2 Å². The second kappa shape index (κ2) is 3.75. The van der Waals surface area contributed by atoms with Crippen LogP contribution in [0.1, 0.15) is 0 Å². The number of rotatable bonds is 2. The smallest absolute Gasteiger partial charge is 0.273 e. The Balaban J connectivity index is 3.21. The number of nitro groups is 1. The van der Waals surface area contributed by atoms with Gasteiger partial charge in [0, 0.05) is 11.1 Å². The van der Waals surface area contributed by atoms with Gasteiger partial charge < -0.3 is 0 Å². The maximum atomic E-state index is 10.4. The average molecular weight is 205 g/mol. The summed E-state index contributed by atoms with van der Waals surface area (Å²) in [5.74, 6) is 0. The van der Waals surface area contributed by atoms with Gasteiger partial charge in [0.15, 0.2) is 0 Å². The zero-order valence-electron chi connectivity index (χ0n) is 5.86. The lowest BCUT2D eigenvalue weighted by Crippen LogP contribution is -1.92. The van der Waals surface area contributed by atoms with E-state index in [0.29, 0.717) is 9.92 Å². The third-order valence-electron chi connectivity index (χ3n) is 1.24. The molecule has 0 aliphatic rings. The predicted octanol–water partition coefficient (Wildman–Crippen LogP) is 2.21. The van der Waals surface area contributed by atoms with Gasteiger partial charge in [0.25, 0.3) is 5.69 Å². The lowest BCUT2D eigenvalue weighted by molar-refractivity contribution is -0.387. The van der Waals surface area contributed by atoms with Crippen molar-refractivity contribution in [3.8, 4) is 0 Å². The van der Waals surface area contributed by atoms with E-state index in [1.807, 2.05) is 0 Å². The average Bonchev–Trinajstić information content (AvgIpc) is 2.04. The van der Waals surface area contributed by atoms with E-state index in [-0.39, 0.29) is 5.69 Å². The second-order valence-electron chi connectivity index (χ2n) is 1.99. The Bertz CT molecular complexity index is 318. The molecular weight excluding hydrogens is 200 g/mol. The molecule has 1 aromatic rings. The normalized spacial score (nSPS) is 9.83. The minimum absolute atomic E-state index is 0.0602. The zero-order valence-corrected chi connectivity index (χ0v) is 7.43. The molecule has 0 heterocycles. The molecule has 0 aliphatic heterocycles. The first kappa shape index (κ1) is 9.31. The van der Waals surface area contributed by atoms with Crippen LogP contribution < -0.4 is 5.14 Å². The Morgan fingerprint density at radius 1 is 1.58 bits per heavy atom. The molecule has 0 saturated carbocycles. The van der Waals surface area contributed by atoms with E-state index < -0.39 is 4.92 Å². The van der Waals surface area contributed by atoms with Gasteiger partial charge in [0.1, 0.15) is 4.90 Å². The maximum Gasteiger partial charge on any atom is 0.285 e. The molecule has 0 unspecified atom stereocenters. The predicted molar refractivity (Wildman–Crippen MR) is 48.2 cm³/mol. The number of nitrogens with two attached hydrogens (primary N) is 1. The van der Waals surface area contributed by atoms with E-state index >= 15 is 0 Å². The van der Waals surface area contributed by atoms with Gasteiger partial charge in [-0.25, -0.2) is 0 Å². The fourth-order valence-electron chi connectivity index (χ4n) is 0.733. The number of halogens is 1. The first-order chi connectivity index (χ1) is 5.65. The Kier molecular flexibility index (Phi) is 2.91. The number of hydrogen-bond acceptors (Lipinski definition) is 4. The van der Waals surface area contributed by atoms with Crippen LogP contribution in [0.5, 0.6) is 0 Å². The van der Waals surface area contributed by atoms with Crippen LogP contribution in [-0.4, -0.2) is 4.92 Å². The fraction of sp³-hybridized carbons (Fsp3) is 0. The SMILES string of the molecule is NSc1ccc(Cl)cc1[N+](=O)[O-]. The summed E-state index contributed by atoms with van der Waals surface area (Å²) < 4.78 is 0. The largest absolute Gasteiger partial charge is 0.285 e. The molecule has 1 rings (SSSR count). The topological polar surface area (TPSA) is 69.2 Å². The van der Waals surface area contributed by atoms with Crippen LogP contribution >= 0.6 is 23.5 Å². The zero-order chi connectivity index (χ0) is 9.14. The lowest BCUT2D eigenvalue weighted by Gasteiger charge is -1.97. The van der Waals surface area contributed by atoms with Crippen LogP contribution in [0.4, 0.5) is 5.69 Å². The minimum atomic E-state index is -0.513. The van der Waals surface area contributed by atoms with Crippen molar-refractivity contribution in [2.75, 3.05) is 0 Å². The van der Waals surface area contributed by atoms with Crippen molar-refractivity contribution in [2.24, 2.45) is 5.14 Å². The highest BCUT2D eigenvalue weighted by molar-refractivity contribution is 7.97. The molecule has 0 radical (unpaired) electrons. The Morgan fingerprint density at radius 2 is 2.25 bits per heavy atom. The monoisotopic (exact) mass is 204 g/mol. The third-order valence-corrected chi connectivity index (χ3v) is 2.08.